The number of likely N-dealkylation sites (tertiary alicyclic amines) is 1. The predicted octanol–water partition coefficient (Wildman–Crippen LogP) is 4.35. The molecule has 1 atom stereocenters. The minimum Gasteiger partial charge on any atom is -0.493 e. The summed E-state index contributed by atoms with van der Waals surface area (Å²) in [6.45, 7) is 3.60. The second-order valence-corrected chi connectivity index (χ2v) is 8.11. The zero-order chi connectivity index (χ0) is 20.1. The van der Waals surface area contributed by atoms with Crippen molar-refractivity contribution in [3.63, 3.8) is 0 Å². The molecule has 1 saturated heterocycles. The number of hydrogen-bond donors (Lipinski definition) is 2. The molecule has 2 heterocycles. The number of aromatic amines is 1. The number of H-pyrrole nitrogens is 1. The van der Waals surface area contributed by atoms with Crippen LogP contribution in [0.4, 0.5) is 0 Å². The van der Waals surface area contributed by atoms with E-state index in [0.717, 1.165) is 60.0 Å². The van der Waals surface area contributed by atoms with Gasteiger partial charge in [0.05, 0.1) is 6.61 Å². The number of aliphatic hydroxyl groups excluding tert-OH is 1. The van der Waals surface area contributed by atoms with E-state index >= 15 is 0 Å². The highest BCUT2D eigenvalue weighted by molar-refractivity contribution is 6.30. The Morgan fingerprint density at radius 3 is 2.66 bits per heavy atom. The topological polar surface area (TPSA) is 57.7 Å². The minimum absolute atomic E-state index is 0.296. The molecule has 1 unspecified atom stereocenters. The van der Waals surface area contributed by atoms with Crippen LogP contribution in [0, 0.1) is 5.92 Å². The lowest BCUT2D eigenvalue weighted by atomic mass is 9.97. The maximum absolute atomic E-state index is 10.4. The van der Waals surface area contributed by atoms with Crippen LogP contribution in [-0.4, -0.2) is 53.9 Å². The normalized spacial score (nSPS) is 16.8. The van der Waals surface area contributed by atoms with E-state index in [1.807, 2.05) is 54.7 Å². The van der Waals surface area contributed by atoms with Gasteiger partial charge in [-0.15, -0.1) is 0 Å². The second kappa shape index (κ2) is 9.53. The molecule has 0 radical (unpaired) electrons. The van der Waals surface area contributed by atoms with Crippen LogP contribution in [0.15, 0.2) is 54.7 Å². The predicted molar refractivity (Wildman–Crippen MR) is 116 cm³/mol. The fourth-order valence-electron chi connectivity index (χ4n) is 3.80. The summed E-state index contributed by atoms with van der Waals surface area (Å²) in [6, 6.07) is 15.4. The molecule has 2 N–H and O–H groups in total. The van der Waals surface area contributed by atoms with Crippen molar-refractivity contribution in [1.82, 2.24) is 9.88 Å². The third-order valence-electron chi connectivity index (χ3n) is 5.46. The van der Waals surface area contributed by atoms with Crippen molar-refractivity contribution in [3.8, 4) is 11.5 Å². The zero-order valence-electron chi connectivity index (χ0n) is 16.4. The summed E-state index contributed by atoms with van der Waals surface area (Å²) in [5.41, 5.74) is 1.04. The fourth-order valence-corrected chi connectivity index (χ4v) is 3.93. The Morgan fingerprint density at radius 1 is 1.07 bits per heavy atom. The Kier molecular flexibility index (Phi) is 6.60. The summed E-state index contributed by atoms with van der Waals surface area (Å²) in [5.74, 6) is 2.21. The molecule has 6 heteroatoms. The molecule has 0 amide bonds. The van der Waals surface area contributed by atoms with E-state index in [4.69, 9.17) is 21.1 Å². The Balaban J connectivity index is 1.17. The molecule has 0 saturated carbocycles. The van der Waals surface area contributed by atoms with E-state index < -0.39 is 6.10 Å². The second-order valence-electron chi connectivity index (χ2n) is 7.67. The highest BCUT2D eigenvalue weighted by Crippen LogP contribution is 2.25. The number of ether oxygens (including phenoxy) is 2. The van der Waals surface area contributed by atoms with Gasteiger partial charge in [0.15, 0.2) is 0 Å². The molecule has 154 valence electrons. The van der Waals surface area contributed by atoms with Crippen molar-refractivity contribution in [2.45, 2.75) is 18.9 Å². The molecule has 2 aromatic carbocycles. The van der Waals surface area contributed by atoms with Crippen molar-refractivity contribution in [2.75, 3.05) is 32.8 Å². The first-order valence-electron chi connectivity index (χ1n) is 10.1. The lowest BCUT2D eigenvalue weighted by Crippen LogP contribution is -2.41. The maximum atomic E-state index is 10.4. The number of hydrogen-bond acceptors (Lipinski definition) is 4. The first-order valence-corrected chi connectivity index (χ1v) is 10.5. The average molecular weight is 415 g/mol. The molecule has 1 aromatic heterocycles. The summed E-state index contributed by atoms with van der Waals surface area (Å²) in [6.07, 6.45) is 3.54. The first-order chi connectivity index (χ1) is 14.2. The highest BCUT2D eigenvalue weighted by Gasteiger charge is 2.22. The summed E-state index contributed by atoms with van der Waals surface area (Å²) in [5, 5.41) is 12.2. The molecule has 4 rings (SSSR count). The Hall–Kier alpha value is -2.21. The zero-order valence-corrected chi connectivity index (χ0v) is 17.1. The van der Waals surface area contributed by atoms with Crippen LogP contribution in [0.25, 0.3) is 10.9 Å². The highest BCUT2D eigenvalue weighted by atomic mass is 35.5. The van der Waals surface area contributed by atoms with Gasteiger partial charge < -0.3 is 24.5 Å². The van der Waals surface area contributed by atoms with Crippen LogP contribution in [-0.2, 0) is 0 Å². The molecule has 1 aliphatic rings. The van der Waals surface area contributed by atoms with E-state index in [1.165, 1.54) is 0 Å². The van der Waals surface area contributed by atoms with Crippen molar-refractivity contribution >= 4 is 22.5 Å². The Bertz CT molecular complexity index is 904. The molecule has 1 aliphatic heterocycles. The number of aliphatic hydroxyl groups is 1. The van der Waals surface area contributed by atoms with Gasteiger partial charge in [0.1, 0.15) is 24.2 Å². The van der Waals surface area contributed by atoms with Crippen LogP contribution in [0.3, 0.4) is 0 Å². The summed E-state index contributed by atoms with van der Waals surface area (Å²) in [4.78, 5) is 5.48. The quantitative estimate of drug-likeness (QED) is 0.575. The van der Waals surface area contributed by atoms with Crippen LogP contribution < -0.4 is 9.47 Å². The first kappa shape index (κ1) is 20.1. The molecule has 5 nitrogen and oxygen atoms in total. The van der Waals surface area contributed by atoms with E-state index in [9.17, 15) is 5.11 Å². The number of fused-ring (bicyclic) bond motifs is 1. The minimum atomic E-state index is -0.508. The van der Waals surface area contributed by atoms with Crippen molar-refractivity contribution < 1.29 is 14.6 Å². The average Bonchev–Trinajstić information content (AvgIpc) is 3.22. The van der Waals surface area contributed by atoms with Crippen LogP contribution in [0.5, 0.6) is 11.5 Å². The van der Waals surface area contributed by atoms with Gasteiger partial charge in [-0.3, -0.25) is 0 Å². The number of benzene rings is 2. The van der Waals surface area contributed by atoms with Gasteiger partial charge in [-0.2, -0.15) is 0 Å². The van der Waals surface area contributed by atoms with E-state index in [-0.39, 0.29) is 0 Å². The van der Waals surface area contributed by atoms with Gasteiger partial charge in [-0.05, 0) is 74.3 Å². The maximum Gasteiger partial charge on any atom is 0.128 e. The third-order valence-corrected chi connectivity index (χ3v) is 5.71. The molecule has 1 fully saturated rings. The Morgan fingerprint density at radius 2 is 1.86 bits per heavy atom. The number of aromatic nitrogens is 1. The van der Waals surface area contributed by atoms with Gasteiger partial charge in [-0.1, -0.05) is 17.7 Å². The van der Waals surface area contributed by atoms with Crippen molar-refractivity contribution in [2.24, 2.45) is 5.92 Å². The van der Waals surface area contributed by atoms with Gasteiger partial charge in [0.2, 0.25) is 0 Å². The molecule has 0 aliphatic carbocycles. The standard InChI is InChI=1S/C23H27ClN2O3/c24-18-4-6-20(7-5-18)28-15-17-9-12-26(13-10-17)14-19(27)16-29-23-3-1-2-22-21(23)8-11-25-22/h1-8,11,17,19,25,27H,9-10,12-16H2. The lowest BCUT2D eigenvalue weighted by molar-refractivity contribution is 0.0507. The summed E-state index contributed by atoms with van der Waals surface area (Å²) in [7, 11) is 0. The molecule has 0 bridgehead atoms. The van der Waals surface area contributed by atoms with Gasteiger partial charge in [0, 0.05) is 28.7 Å². The smallest absolute Gasteiger partial charge is 0.128 e. The van der Waals surface area contributed by atoms with Crippen LogP contribution in [0.1, 0.15) is 12.8 Å². The van der Waals surface area contributed by atoms with E-state index in [1.54, 1.807) is 0 Å². The van der Waals surface area contributed by atoms with Gasteiger partial charge in [-0.25, -0.2) is 0 Å². The monoisotopic (exact) mass is 414 g/mol. The number of halogens is 1. The fraction of sp³-hybridized carbons (Fsp3) is 0.391. The van der Waals surface area contributed by atoms with Crippen molar-refractivity contribution in [1.29, 1.82) is 0 Å². The molecular formula is C23H27ClN2O3. The lowest BCUT2D eigenvalue weighted by Gasteiger charge is -2.33. The summed E-state index contributed by atoms with van der Waals surface area (Å²) >= 11 is 5.90. The van der Waals surface area contributed by atoms with E-state index in [0.29, 0.717) is 19.1 Å². The summed E-state index contributed by atoms with van der Waals surface area (Å²) < 4.78 is 11.8. The third kappa shape index (κ3) is 5.44. The molecular weight excluding hydrogens is 388 g/mol. The molecule has 0 spiro atoms. The number of β-amino-alcohol motifs (C(OH)–C–C–N with tert-alkyl or cyclic N) is 1. The van der Waals surface area contributed by atoms with Crippen LogP contribution >= 0.6 is 11.6 Å². The molecule has 3 aromatic rings. The number of rotatable bonds is 8. The number of piperidine rings is 1. The van der Waals surface area contributed by atoms with Crippen LogP contribution in [0.2, 0.25) is 5.02 Å². The van der Waals surface area contributed by atoms with Gasteiger partial charge in [0.25, 0.3) is 0 Å². The van der Waals surface area contributed by atoms with Crippen molar-refractivity contribution in [3.05, 3.63) is 59.8 Å². The van der Waals surface area contributed by atoms with E-state index in [2.05, 4.69) is 9.88 Å². The Labute approximate surface area is 176 Å². The largest absolute Gasteiger partial charge is 0.493 e. The van der Waals surface area contributed by atoms with Gasteiger partial charge >= 0.3 is 0 Å². The number of nitrogens with one attached hydrogen (secondary N) is 1. The molecule has 29 heavy (non-hydrogen) atoms. The number of nitrogens with zero attached hydrogens (tertiary/aromatic N) is 1. The SMILES string of the molecule is OC(COc1cccc2[nH]ccc12)CN1CCC(COc2ccc(Cl)cc2)CC1.